The molecule has 0 fully saturated rings. The first-order chi connectivity index (χ1) is 6.89. The average Bonchev–Trinajstić information content (AvgIpc) is 2.14. The van der Waals surface area contributed by atoms with Crippen LogP contribution in [-0.4, -0.2) is 25.3 Å². The molecule has 2 nitrogen and oxygen atoms in total. The fourth-order valence-corrected chi connectivity index (χ4v) is 0.945. The van der Waals surface area contributed by atoms with Gasteiger partial charge in [-0.05, 0) is 18.2 Å². The van der Waals surface area contributed by atoms with Gasteiger partial charge in [0, 0.05) is 14.1 Å². The quantitative estimate of drug-likeness (QED) is 0.548. The van der Waals surface area contributed by atoms with Gasteiger partial charge in [0.05, 0.1) is 17.6 Å². The maximum atomic E-state index is 12.3. The summed E-state index contributed by atoms with van der Waals surface area (Å²) >= 11 is 0. The number of halogens is 3. The maximum Gasteiger partial charge on any atom is 0.416 e. The van der Waals surface area contributed by atoms with Crippen LogP contribution in [0.5, 0.6) is 0 Å². The van der Waals surface area contributed by atoms with Crippen LogP contribution in [-0.2, 0) is 6.18 Å². The van der Waals surface area contributed by atoms with Crippen molar-refractivity contribution in [2.24, 2.45) is 4.99 Å². The lowest BCUT2D eigenvalue weighted by molar-refractivity contribution is -0.137. The Morgan fingerprint density at radius 2 is 1.93 bits per heavy atom. The van der Waals surface area contributed by atoms with E-state index in [-0.39, 0.29) is 0 Å². The SMILES string of the molecule is CN(C)C=Nc1cccc(C(F)(F)F)c1. The Hall–Kier alpha value is -1.52. The van der Waals surface area contributed by atoms with Crippen molar-refractivity contribution in [2.75, 3.05) is 14.1 Å². The van der Waals surface area contributed by atoms with Crippen LogP contribution in [0.25, 0.3) is 0 Å². The standard InChI is InChI=1S/C10H11F3N2/c1-15(2)7-14-9-5-3-4-8(6-9)10(11,12)13/h3-7H,1-2H3. The Bertz CT molecular complexity index is 356. The minimum Gasteiger partial charge on any atom is -0.369 e. The number of aliphatic imine (C=N–C) groups is 1. The van der Waals surface area contributed by atoms with E-state index < -0.39 is 11.7 Å². The Balaban J connectivity index is 2.93. The molecule has 0 heterocycles. The highest BCUT2D eigenvalue weighted by molar-refractivity contribution is 5.61. The molecule has 1 aromatic carbocycles. The van der Waals surface area contributed by atoms with E-state index in [0.29, 0.717) is 5.69 Å². The number of hydrogen-bond donors (Lipinski definition) is 0. The summed E-state index contributed by atoms with van der Waals surface area (Å²) in [7, 11) is 3.49. The molecule has 0 saturated heterocycles. The summed E-state index contributed by atoms with van der Waals surface area (Å²) in [5.74, 6) is 0. The summed E-state index contributed by atoms with van der Waals surface area (Å²) < 4.78 is 36.9. The van der Waals surface area contributed by atoms with Gasteiger partial charge in [-0.1, -0.05) is 6.07 Å². The molecule has 5 heteroatoms. The molecular weight excluding hydrogens is 205 g/mol. The molecule has 0 aliphatic heterocycles. The molecule has 0 aliphatic carbocycles. The molecule has 1 aromatic rings. The summed E-state index contributed by atoms with van der Waals surface area (Å²) in [6, 6.07) is 4.90. The van der Waals surface area contributed by atoms with Crippen LogP contribution in [0.2, 0.25) is 0 Å². The number of nitrogens with zero attached hydrogens (tertiary/aromatic N) is 2. The van der Waals surface area contributed by atoms with E-state index in [1.165, 1.54) is 18.5 Å². The van der Waals surface area contributed by atoms with Gasteiger partial charge in [0.25, 0.3) is 0 Å². The molecule has 0 aromatic heterocycles. The van der Waals surface area contributed by atoms with Crippen LogP contribution in [0.4, 0.5) is 18.9 Å². The molecular formula is C10H11F3N2. The van der Waals surface area contributed by atoms with Gasteiger partial charge in [0.1, 0.15) is 0 Å². The predicted octanol–water partition coefficient (Wildman–Crippen LogP) is 2.93. The summed E-state index contributed by atoms with van der Waals surface area (Å²) in [5.41, 5.74) is -0.394. The highest BCUT2D eigenvalue weighted by atomic mass is 19.4. The molecule has 0 radical (unpaired) electrons. The van der Waals surface area contributed by atoms with E-state index in [9.17, 15) is 13.2 Å². The smallest absolute Gasteiger partial charge is 0.369 e. The van der Waals surface area contributed by atoms with Gasteiger partial charge in [-0.25, -0.2) is 4.99 Å². The molecule has 0 unspecified atom stereocenters. The van der Waals surface area contributed by atoms with Gasteiger partial charge in [-0.2, -0.15) is 13.2 Å². The Morgan fingerprint density at radius 3 is 2.47 bits per heavy atom. The van der Waals surface area contributed by atoms with Crippen LogP contribution >= 0.6 is 0 Å². The van der Waals surface area contributed by atoms with E-state index in [1.807, 2.05) is 0 Å². The van der Waals surface area contributed by atoms with Crippen molar-refractivity contribution in [3.63, 3.8) is 0 Å². The van der Waals surface area contributed by atoms with Crippen molar-refractivity contribution in [1.82, 2.24) is 4.90 Å². The van der Waals surface area contributed by atoms with E-state index in [1.54, 1.807) is 19.0 Å². The molecule has 0 aliphatic rings. The Morgan fingerprint density at radius 1 is 1.27 bits per heavy atom. The third-order valence-corrected chi connectivity index (χ3v) is 1.61. The normalized spacial score (nSPS) is 12.1. The minimum absolute atomic E-state index is 0.290. The lowest BCUT2D eigenvalue weighted by Crippen LogP contribution is -2.07. The molecule has 82 valence electrons. The monoisotopic (exact) mass is 216 g/mol. The summed E-state index contributed by atoms with van der Waals surface area (Å²) in [5, 5.41) is 0. The van der Waals surface area contributed by atoms with Crippen molar-refractivity contribution in [1.29, 1.82) is 0 Å². The molecule has 1 rings (SSSR count). The zero-order valence-corrected chi connectivity index (χ0v) is 8.42. The highest BCUT2D eigenvalue weighted by Crippen LogP contribution is 2.31. The average molecular weight is 216 g/mol. The second kappa shape index (κ2) is 4.33. The lowest BCUT2D eigenvalue weighted by atomic mass is 10.2. The molecule has 0 N–H and O–H groups in total. The van der Waals surface area contributed by atoms with Crippen molar-refractivity contribution in [3.05, 3.63) is 29.8 Å². The first-order valence-electron chi connectivity index (χ1n) is 4.27. The van der Waals surface area contributed by atoms with Crippen molar-refractivity contribution in [2.45, 2.75) is 6.18 Å². The van der Waals surface area contributed by atoms with Gasteiger partial charge in [-0.15, -0.1) is 0 Å². The third kappa shape index (κ3) is 3.61. The minimum atomic E-state index is -4.32. The second-order valence-electron chi connectivity index (χ2n) is 3.26. The third-order valence-electron chi connectivity index (χ3n) is 1.61. The van der Waals surface area contributed by atoms with E-state index in [4.69, 9.17) is 0 Å². The topological polar surface area (TPSA) is 15.6 Å². The summed E-state index contributed by atoms with van der Waals surface area (Å²) in [6.45, 7) is 0. The van der Waals surface area contributed by atoms with Gasteiger partial charge in [-0.3, -0.25) is 0 Å². The van der Waals surface area contributed by atoms with Crippen LogP contribution in [0.15, 0.2) is 29.3 Å². The molecule has 0 bridgehead atoms. The van der Waals surface area contributed by atoms with E-state index >= 15 is 0 Å². The molecule has 0 spiro atoms. The Labute approximate surface area is 86.0 Å². The predicted molar refractivity (Wildman–Crippen MR) is 53.3 cm³/mol. The number of alkyl halides is 3. The fourth-order valence-electron chi connectivity index (χ4n) is 0.945. The first kappa shape index (κ1) is 11.6. The van der Waals surface area contributed by atoms with Crippen LogP contribution in [0, 0.1) is 0 Å². The van der Waals surface area contributed by atoms with Gasteiger partial charge < -0.3 is 4.90 Å². The van der Waals surface area contributed by atoms with Gasteiger partial charge in [0.15, 0.2) is 0 Å². The zero-order chi connectivity index (χ0) is 11.5. The summed E-state index contributed by atoms with van der Waals surface area (Å²) in [4.78, 5) is 5.53. The number of rotatable bonds is 2. The van der Waals surface area contributed by atoms with Crippen LogP contribution in [0.3, 0.4) is 0 Å². The molecule has 0 atom stereocenters. The molecule has 15 heavy (non-hydrogen) atoms. The van der Waals surface area contributed by atoms with Crippen molar-refractivity contribution >= 4 is 12.0 Å². The molecule has 0 saturated carbocycles. The Kier molecular flexibility index (Phi) is 3.34. The maximum absolute atomic E-state index is 12.3. The van der Waals surface area contributed by atoms with Crippen molar-refractivity contribution in [3.8, 4) is 0 Å². The zero-order valence-electron chi connectivity index (χ0n) is 8.42. The molecule has 0 amide bonds. The number of benzene rings is 1. The first-order valence-corrected chi connectivity index (χ1v) is 4.27. The van der Waals surface area contributed by atoms with Crippen molar-refractivity contribution < 1.29 is 13.2 Å². The second-order valence-corrected chi connectivity index (χ2v) is 3.26. The lowest BCUT2D eigenvalue weighted by Gasteiger charge is -2.07. The fraction of sp³-hybridized carbons (Fsp3) is 0.300. The van der Waals surface area contributed by atoms with E-state index in [0.717, 1.165) is 12.1 Å². The van der Waals surface area contributed by atoms with Crippen LogP contribution < -0.4 is 0 Å². The largest absolute Gasteiger partial charge is 0.416 e. The highest BCUT2D eigenvalue weighted by Gasteiger charge is 2.30. The number of hydrogen-bond acceptors (Lipinski definition) is 1. The summed E-state index contributed by atoms with van der Waals surface area (Å²) in [6.07, 6.45) is -2.86. The van der Waals surface area contributed by atoms with Gasteiger partial charge in [0.2, 0.25) is 0 Å². The van der Waals surface area contributed by atoms with E-state index in [2.05, 4.69) is 4.99 Å². The van der Waals surface area contributed by atoms with Crippen LogP contribution in [0.1, 0.15) is 5.56 Å². The van der Waals surface area contributed by atoms with Gasteiger partial charge >= 0.3 is 6.18 Å².